The number of nitrogens with zero attached hydrogens (tertiary/aromatic N) is 1. The Hall–Kier alpha value is -1.06. The number of rotatable bonds is 3. The number of hydrogen-bond donors (Lipinski definition) is 1. The molecule has 0 aromatic rings. The van der Waals surface area contributed by atoms with Crippen LogP contribution in [0.4, 0.5) is 0 Å². The second-order valence-corrected chi connectivity index (χ2v) is 6.02. The largest absolute Gasteiger partial charge is 0.479 e. The predicted molar refractivity (Wildman–Crippen MR) is 68.2 cm³/mol. The lowest BCUT2D eigenvalue weighted by Crippen LogP contribution is -2.56. The van der Waals surface area contributed by atoms with Crippen molar-refractivity contribution < 1.29 is 14.7 Å². The van der Waals surface area contributed by atoms with Crippen LogP contribution in [0.15, 0.2) is 0 Å². The summed E-state index contributed by atoms with van der Waals surface area (Å²) < 4.78 is 0. The lowest BCUT2D eigenvalue weighted by Gasteiger charge is -2.38. The summed E-state index contributed by atoms with van der Waals surface area (Å²) in [6.07, 6.45) is 5.89. The first-order valence-electron chi connectivity index (χ1n) is 7.02. The molecule has 0 aromatic carbocycles. The van der Waals surface area contributed by atoms with Crippen LogP contribution < -0.4 is 0 Å². The summed E-state index contributed by atoms with van der Waals surface area (Å²) in [4.78, 5) is 26.0. The Kier molecular flexibility index (Phi) is 3.39. The van der Waals surface area contributed by atoms with Gasteiger partial charge in [-0.15, -0.1) is 0 Å². The third-order valence-corrected chi connectivity index (χ3v) is 4.94. The molecule has 0 aromatic heterocycles. The molecule has 18 heavy (non-hydrogen) atoms. The van der Waals surface area contributed by atoms with Crippen molar-refractivity contribution in [2.75, 3.05) is 6.54 Å². The molecule has 4 heteroatoms. The Morgan fingerprint density at radius 3 is 2.28 bits per heavy atom. The highest BCUT2D eigenvalue weighted by Gasteiger charge is 2.52. The zero-order valence-corrected chi connectivity index (χ0v) is 11.4. The maximum atomic E-state index is 12.7. The first kappa shape index (κ1) is 13.4. The van der Waals surface area contributed by atoms with E-state index in [1.165, 1.54) is 0 Å². The van der Waals surface area contributed by atoms with Crippen LogP contribution in [0.25, 0.3) is 0 Å². The number of carbonyl (C=O) groups excluding carboxylic acids is 1. The Morgan fingerprint density at radius 2 is 1.78 bits per heavy atom. The van der Waals surface area contributed by atoms with Crippen LogP contribution in [0, 0.1) is 5.41 Å². The van der Waals surface area contributed by atoms with E-state index in [0.29, 0.717) is 19.4 Å². The van der Waals surface area contributed by atoms with Gasteiger partial charge in [0.05, 0.1) is 0 Å². The number of carbonyl (C=O) groups is 2. The molecule has 1 saturated heterocycles. The van der Waals surface area contributed by atoms with Gasteiger partial charge in [0.25, 0.3) is 0 Å². The van der Waals surface area contributed by atoms with Gasteiger partial charge >= 0.3 is 5.97 Å². The van der Waals surface area contributed by atoms with Gasteiger partial charge in [-0.1, -0.05) is 26.7 Å². The Bertz CT molecular complexity index is 360. The van der Waals surface area contributed by atoms with Gasteiger partial charge in [0.15, 0.2) is 0 Å². The van der Waals surface area contributed by atoms with E-state index in [0.717, 1.165) is 32.1 Å². The fraction of sp³-hybridized carbons (Fsp3) is 0.857. The van der Waals surface area contributed by atoms with Crippen molar-refractivity contribution in [3.8, 4) is 0 Å². The smallest absolute Gasteiger partial charge is 0.329 e. The van der Waals surface area contributed by atoms with Gasteiger partial charge in [0.2, 0.25) is 5.91 Å². The lowest BCUT2D eigenvalue weighted by molar-refractivity contribution is -0.161. The maximum Gasteiger partial charge on any atom is 0.329 e. The fourth-order valence-corrected chi connectivity index (χ4v) is 3.61. The molecular formula is C14H23NO3. The number of carboxylic acids is 1. The van der Waals surface area contributed by atoms with E-state index in [2.05, 4.69) is 0 Å². The van der Waals surface area contributed by atoms with E-state index in [9.17, 15) is 14.7 Å². The van der Waals surface area contributed by atoms with Crippen molar-refractivity contribution in [2.45, 2.75) is 64.3 Å². The molecule has 1 unspecified atom stereocenters. The summed E-state index contributed by atoms with van der Waals surface area (Å²) in [6, 6.07) is 0. The van der Waals surface area contributed by atoms with E-state index < -0.39 is 11.5 Å². The molecule has 0 bridgehead atoms. The molecule has 2 fully saturated rings. The van der Waals surface area contributed by atoms with Gasteiger partial charge in [-0.3, -0.25) is 4.79 Å². The van der Waals surface area contributed by atoms with Gasteiger partial charge in [0.1, 0.15) is 5.54 Å². The standard InChI is InChI=1S/C14H23NO3/c1-3-14(12(17)18)9-6-10-15(14)11(16)13(2)7-4-5-8-13/h3-10H2,1-2H3,(H,17,18). The van der Waals surface area contributed by atoms with Crippen LogP contribution in [0.2, 0.25) is 0 Å². The highest BCUT2D eigenvalue weighted by molar-refractivity contribution is 5.90. The third kappa shape index (κ3) is 1.82. The van der Waals surface area contributed by atoms with Crippen molar-refractivity contribution >= 4 is 11.9 Å². The van der Waals surface area contributed by atoms with E-state index in [1.54, 1.807) is 4.90 Å². The maximum absolute atomic E-state index is 12.7. The molecule has 1 amide bonds. The van der Waals surface area contributed by atoms with E-state index in [4.69, 9.17) is 0 Å². The van der Waals surface area contributed by atoms with Crippen LogP contribution in [0.3, 0.4) is 0 Å². The summed E-state index contributed by atoms with van der Waals surface area (Å²) in [7, 11) is 0. The van der Waals surface area contributed by atoms with Crippen LogP contribution in [-0.4, -0.2) is 34.0 Å². The van der Waals surface area contributed by atoms with Gasteiger partial charge in [-0.05, 0) is 32.1 Å². The molecule has 0 spiro atoms. The fourth-order valence-electron chi connectivity index (χ4n) is 3.61. The van der Waals surface area contributed by atoms with Gasteiger partial charge in [0, 0.05) is 12.0 Å². The summed E-state index contributed by atoms with van der Waals surface area (Å²) in [5, 5.41) is 9.52. The van der Waals surface area contributed by atoms with Crippen LogP contribution in [0.5, 0.6) is 0 Å². The topological polar surface area (TPSA) is 57.6 Å². The Balaban J connectivity index is 2.26. The molecule has 1 aliphatic heterocycles. The minimum Gasteiger partial charge on any atom is -0.479 e. The number of likely N-dealkylation sites (tertiary alicyclic amines) is 1. The van der Waals surface area contributed by atoms with Crippen LogP contribution in [0.1, 0.15) is 58.8 Å². The molecule has 4 nitrogen and oxygen atoms in total. The molecule has 2 aliphatic rings. The van der Waals surface area contributed by atoms with Gasteiger partial charge in [-0.25, -0.2) is 4.79 Å². The molecule has 0 radical (unpaired) electrons. The second kappa shape index (κ2) is 4.56. The number of hydrogen-bond acceptors (Lipinski definition) is 2. The first-order valence-corrected chi connectivity index (χ1v) is 7.02. The van der Waals surface area contributed by atoms with Crippen molar-refractivity contribution in [3.05, 3.63) is 0 Å². The molecule has 1 atom stereocenters. The number of aliphatic carboxylic acids is 1. The van der Waals surface area contributed by atoms with E-state index in [-0.39, 0.29) is 11.3 Å². The molecular weight excluding hydrogens is 230 g/mol. The zero-order valence-electron chi connectivity index (χ0n) is 11.4. The van der Waals surface area contributed by atoms with Crippen molar-refractivity contribution in [1.29, 1.82) is 0 Å². The number of amides is 1. The van der Waals surface area contributed by atoms with E-state index >= 15 is 0 Å². The van der Waals surface area contributed by atoms with Crippen molar-refractivity contribution in [3.63, 3.8) is 0 Å². The minimum atomic E-state index is -0.942. The van der Waals surface area contributed by atoms with Gasteiger partial charge in [-0.2, -0.15) is 0 Å². The van der Waals surface area contributed by atoms with Crippen LogP contribution >= 0.6 is 0 Å². The zero-order chi connectivity index (χ0) is 13.4. The SMILES string of the molecule is CCC1(C(=O)O)CCCN1C(=O)C1(C)CCCC1. The highest BCUT2D eigenvalue weighted by Crippen LogP contribution is 2.43. The monoisotopic (exact) mass is 253 g/mol. The quantitative estimate of drug-likeness (QED) is 0.840. The summed E-state index contributed by atoms with van der Waals surface area (Å²) >= 11 is 0. The summed E-state index contributed by atoms with van der Waals surface area (Å²) in [6.45, 7) is 4.48. The lowest BCUT2D eigenvalue weighted by atomic mass is 9.84. The first-order chi connectivity index (χ1) is 8.46. The molecule has 1 heterocycles. The van der Waals surface area contributed by atoms with Crippen molar-refractivity contribution in [2.24, 2.45) is 5.41 Å². The molecule has 1 saturated carbocycles. The molecule has 1 N–H and O–H groups in total. The summed E-state index contributed by atoms with van der Waals surface area (Å²) in [5.41, 5.74) is -1.26. The Morgan fingerprint density at radius 1 is 1.17 bits per heavy atom. The van der Waals surface area contributed by atoms with E-state index in [1.807, 2.05) is 13.8 Å². The third-order valence-electron chi connectivity index (χ3n) is 4.94. The van der Waals surface area contributed by atoms with Crippen molar-refractivity contribution in [1.82, 2.24) is 4.90 Å². The Labute approximate surface area is 108 Å². The normalized spacial score (nSPS) is 30.7. The number of carboxylic acid groups (broad SMARTS) is 1. The summed E-state index contributed by atoms with van der Waals surface area (Å²) in [5.74, 6) is -0.765. The predicted octanol–water partition coefficient (Wildman–Crippen LogP) is 2.42. The average molecular weight is 253 g/mol. The minimum absolute atomic E-state index is 0.0711. The average Bonchev–Trinajstić information content (AvgIpc) is 2.95. The van der Waals surface area contributed by atoms with Crippen LogP contribution in [-0.2, 0) is 9.59 Å². The molecule has 2 rings (SSSR count). The molecule has 1 aliphatic carbocycles. The van der Waals surface area contributed by atoms with Gasteiger partial charge < -0.3 is 10.0 Å². The molecule has 102 valence electrons. The second-order valence-electron chi connectivity index (χ2n) is 6.02. The highest BCUT2D eigenvalue weighted by atomic mass is 16.4.